The first-order valence-electron chi connectivity index (χ1n) is 8.78. The van der Waals surface area contributed by atoms with Crippen LogP contribution >= 0.6 is 0 Å². The lowest BCUT2D eigenvalue weighted by molar-refractivity contribution is 0.0752. The van der Waals surface area contributed by atoms with Crippen LogP contribution in [0.5, 0.6) is 0 Å². The van der Waals surface area contributed by atoms with Crippen LogP contribution in [0.15, 0.2) is 0 Å². The molecule has 1 heterocycles. The molecule has 0 radical (unpaired) electrons. The van der Waals surface area contributed by atoms with Crippen LogP contribution in [0.3, 0.4) is 0 Å². The number of nitrogens with two attached hydrogens (primary N) is 1. The third kappa shape index (κ3) is 3.76. The minimum atomic E-state index is 0.389. The predicted molar refractivity (Wildman–Crippen MR) is 87.7 cm³/mol. The highest BCUT2D eigenvalue weighted by atomic mass is 15.2. The molecule has 0 aromatic carbocycles. The molecule has 2 fully saturated rings. The molecule has 20 heavy (non-hydrogen) atoms. The van der Waals surface area contributed by atoms with Crippen LogP contribution in [0.1, 0.15) is 66.7 Å². The predicted octanol–water partition coefficient (Wildman–Crippen LogP) is 3.90. The molecule has 1 aliphatic carbocycles. The van der Waals surface area contributed by atoms with Gasteiger partial charge in [-0.05, 0) is 68.4 Å². The Labute approximate surface area is 126 Å². The van der Waals surface area contributed by atoms with Gasteiger partial charge in [0.25, 0.3) is 0 Å². The zero-order chi connectivity index (χ0) is 14.9. The van der Waals surface area contributed by atoms with Crippen molar-refractivity contribution in [2.24, 2.45) is 28.9 Å². The van der Waals surface area contributed by atoms with Gasteiger partial charge in [-0.2, -0.15) is 0 Å². The maximum atomic E-state index is 6.52. The van der Waals surface area contributed by atoms with Crippen LogP contribution in [-0.2, 0) is 0 Å². The third-order valence-electron chi connectivity index (χ3n) is 5.88. The molecule has 2 aliphatic rings. The summed E-state index contributed by atoms with van der Waals surface area (Å²) in [7, 11) is 0. The normalized spacial score (nSPS) is 41.4. The highest BCUT2D eigenvalue weighted by Gasteiger charge is 2.37. The van der Waals surface area contributed by atoms with E-state index in [1.54, 1.807) is 0 Å². The molecule has 118 valence electrons. The van der Waals surface area contributed by atoms with Crippen molar-refractivity contribution in [2.45, 2.75) is 78.8 Å². The van der Waals surface area contributed by atoms with E-state index >= 15 is 0 Å². The van der Waals surface area contributed by atoms with Gasteiger partial charge in [0.15, 0.2) is 0 Å². The van der Waals surface area contributed by atoms with Crippen molar-refractivity contribution in [3.8, 4) is 0 Å². The highest BCUT2D eigenvalue weighted by Crippen LogP contribution is 2.37. The molecular formula is C18H36N2. The number of hydrogen-bond acceptors (Lipinski definition) is 2. The van der Waals surface area contributed by atoms with Crippen molar-refractivity contribution in [3.63, 3.8) is 0 Å². The van der Waals surface area contributed by atoms with Crippen LogP contribution in [0.4, 0.5) is 0 Å². The topological polar surface area (TPSA) is 29.3 Å². The van der Waals surface area contributed by atoms with Gasteiger partial charge in [-0.3, -0.25) is 4.90 Å². The maximum absolute atomic E-state index is 6.52. The summed E-state index contributed by atoms with van der Waals surface area (Å²) in [4.78, 5) is 2.74. The molecule has 0 bridgehead atoms. The Morgan fingerprint density at radius 3 is 2.30 bits per heavy atom. The molecule has 1 aliphatic heterocycles. The third-order valence-corrected chi connectivity index (χ3v) is 5.88. The Bertz CT molecular complexity index is 295. The van der Waals surface area contributed by atoms with Gasteiger partial charge >= 0.3 is 0 Å². The Balaban J connectivity index is 1.99. The zero-order valence-corrected chi connectivity index (χ0v) is 14.4. The highest BCUT2D eigenvalue weighted by molar-refractivity contribution is 4.93. The molecule has 2 N–H and O–H groups in total. The van der Waals surface area contributed by atoms with Crippen molar-refractivity contribution in [1.29, 1.82) is 0 Å². The van der Waals surface area contributed by atoms with Gasteiger partial charge in [-0.25, -0.2) is 0 Å². The standard InChI is InChI=1S/C18H36N2/c1-13-11-14(2)17(16(19)12-13)20-9-6-7-15(8-10-20)18(3,4)5/h13-17H,6-12,19H2,1-5H3. The molecule has 5 unspecified atom stereocenters. The van der Waals surface area contributed by atoms with Gasteiger partial charge in [-0.15, -0.1) is 0 Å². The summed E-state index contributed by atoms with van der Waals surface area (Å²) in [6.45, 7) is 14.5. The van der Waals surface area contributed by atoms with E-state index in [1.165, 1.54) is 45.2 Å². The van der Waals surface area contributed by atoms with E-state index < -0.39 is 0 Å². The fraction of sp³-hybridized carbons (Fsp3) is 1.00. The van der Waals surface area contributed by atoms with Gasteiger partial charge in [-0.1, -0.05) is 34.6 Å². The molecule has 1 saturated heterocycles. The Hall–Kier alpha value is -0.0800. The fourth-order valence-electron chi connectivity index (χ4n) is 4.81. The Morgan fingerprint density at radius 1 is 1.00 bits per heavy atom. The summed E-state index contributed by atoms with van der Waals surface area (Å²) in [6.07, 6.45) is 6.68. The SMILES string of the molecule is CC1CC(C)C(N2CCCC(C(C)(C)C)CC2)C(N)C1. The summed E-state index contributed by atoms with van der Waals surface area (Å²) in [5, 5.41) is 0. The molecule has 0 amide bonds. The molecule has 2 nitrogen and oxygen atoms in total. The molecule has 2 heteroatoms. The second-order valence-electron chi connectivity index (χ2n) is 8.74. The lowest BCUT2D eigenvalue weighted by Crippen LogP contribution is -2.55. The average Bonchev–Trinajstić information content (AvgIpc) is 2.52. The Kier molecular flexibility index (Phi) is 5.18. The zero-order valence-electron chi connectivity index (χ0n) is 14.4. The number of hydrogen-bond donors (Lipinski definition) is 1. The summed E-state index contributed by atoms with van der Waals surface area (Å²) in [5.41, 5.74) is 6.98. The molecule has 2 rings (SSSR count). The Morgan fingerprint density at radius 2 is 1.70 bits per heavy atom. The van der Waals surface area contributed by atoms with Crippen molar-refractivity contribution >= 4 is 0 Å². The fourth-order valence-corrected chi connectivity index (χ4v) is 4.81. The van der Waals surface area contributed by atoms with Crippen LogP contribution in [-0.4, -0.2) is 30.1 Å². The van der Waals surface area contributed by atoms with Crippen LogP contribution in [0.25, 0.3) is 0 Å². The summed E-state index contributed by atoms with van der Waals surface area (Å²) >= 11 is 0. The maximum Gasteiger partial charge on any atom is 0.0272 e. The summed E-state index contributed by atoms with van der Waals surface area (Å²) in [6, 6.07) is 1.02. The first-order valence-corrected chi connectivity index (χ1v) is 8.78. The van der Waals surface area contributed by atoms with Gasteiger partial charge in [0, 0.05) is 12.1 Å². The number of nitrogens with zero attached hydrogens (tertiary/aromatic N) is 1. The van der Waals surface area contributed by atoms with E-state index in [2.05, 4.69) is 39.5 Å². The summed E-state index contributed by atoms with van der Waals surface area (Å²) in [5.74, 6) is 2.45. The first-order chi connectivity index (χ1) is 9.29. The van der Waals surface area contributed by atoms with E-state index in [1.807, 2.05) is 0 Å². The smallest absolute Gasteiger partial charge is 0.0272 e. The van der Waals surface area contributed by atoms with Crippen LogP contribution < -0.4 is 5.73 Å². The lowest BCUT2D eigenvalue weighted by Gasteiger charge is -2.44. The van der Waals surface area contributed by atoms with Crippen molar-refractivity contribution in [3.05, 3.63) is 0 Å². The number of rotatable bonds is 1. The monoisotopic (exact) mass is 280 g/mol. The van der Waals surface area contributed by atoms with Crippen molar-refractivity contribution < 1.29 is 0 Å². The lowest BCUT2D eigenvalue weighted by atomic mass is 9.75. The number of likely N-dealkylation sites (tertiary alicyclic amines) is 1. The van der Waals surface area contributed by atoms with Crippen LogP contribution in [0, 0.1) is 23.2 Å². The van der Waals surface area contributed by atoms with E-state index in [4.69, 9.17) is 5.73 Å². The van der Waals surface area contributed by atoms with E-state index in [0.717, 1.165) is 17.8 Å². The van der Waals surface area contributed by atoms with Crippen molar-refractivity contribution in [1.82, 2.24) is 4.90 Å². The van der Waals surface area contributed by atoms with Crippen molar-refractivity contribution in [2.75, 3.05) is 13.1 Å². The van der Waals surface area contributed by atoms with Gasteiger partial charge in [0.05, 0.1) is 0 Å². The minimum absolute atomic E-state index is 0.389. The summed E-state index contributed by atoms with van der Waals surface area (Å²) < 4.78 is 0. The van der Waals surface area contributed by atoms with E-state index in [-0.39, 0.29) is 0 Å². The molecule has 1 saturated carbocycles. The largest absolute Gasteiger partial charge is 0.326 e. The first kappa shape index (κ1) is 16.3. The molecule has 0 spiro atoms. The van der Waals surface area contributed by atoms with Gasteiger partial charge < -0.3 is 5.73 Å². The molecule has 0 aromatic heterocycles. The second-order valence-corrected chi connectivity index (χ2v) is 8.74. The molecular weight excluding hydrogens is 244 g/mol. The molecule has 5 atom stereocenters. The van der Waals surface area contributed by atoms with Crippen LogP contribution in [0.2, 0.25) is 0 Å². The van der Waals surface area contributed by atoms with Gasteiger partial charge in [0.1, 0.15) is 0 Å². The minimum Gasteiger partial charge on any atom is -0.326 e. The van der Waals surface area contributed by atoms with Gasteiger partial charge in [0.2, 0.25) is 0 Å². The van der Waals surface area contributed by atoms with E-state index in [0.29, 0.717) is 17.5 Å². The average molecular weight is 280 g/mol. The van der Waals surface area contributed by atoms with E-state index in [9.17, 15) is 0 Å². The molecule has 0 aromatic rings. The second kappa shape index (κ2) is 6.36. The quantitative estimate of drug-likeness (QED) is 0.789.